The van der Waals surface area contributed by atoms with Crippen LogP contribution in [-0.2, 0) is 6.54 Å². The molecule has 0 radical (unpaired) electrons. The third-order valence-electron chi connectivity index (χ3n) is 4.37. The quantitative estimate of drug-likeness (QED) is 0.643. The van der Waals surface area contributed by atoms with Crippen molar-refractivity contribution >= 4 is 23.0 Å². The Bertz CT molecular complexity index is 666. The van der Waals surface area contributed by atoms with Gasteiger partial charge in [-0.25, -0.2) is 0 Å². The lowest BCUT2D eigenvalue weighted by molar-refractivity contribution is 0.172. The van der Waals surface area contributed by atoms with Crippen LogP contribution in [0.25, 0.3) is 0 Å². The summed E-state index contributed by atoms with van der Waals surface area (Å²) in [6.07, 6.45) is 2.49. The van der Waals surface area contributed by atoms with E-state index in [0.717, 1.165) is 25.3 Å². The number of aryl methyl sites for hydroxylation is 1. The monoisotopic (exact) mass is 342 g/mol. The molecule has 1 unspecified atom stereocenters. The molecule has 0 bridgehead atoms. The summed E-state index contributed by atoms with van der Waals surface area (Å²) >= 11 is 1.84. The van der Waals surface area contributed by atoms with Crippen LogP contribution in [0.15, 0.2) is 46.8 Å². The second-order valence-electron chi connectivity index (χ2n) is 6.54. The average molecular weight is 343 g/mol. The van der Waals surface area contributed by atoms with Gasteiger partial charge in [0, 0.05) is 30.2 Å². The number of nitrogens with one attached hydrogen (secondary N) is 1. The van der Waals surface area contributed by atoms with Crippen molar-refractivity contribution in [3.8, 4) is 0 Å². The highest BCUT2D eigenvalue weighted by atomic mass is 32.1. The Balaban J connectivity index is 1.49. The van der Waals surface area contributed by atoms with E-state index in [1.165, 1.54) is 29.8 Å². The number of piperidine rings is 1. The predicted octanol–water partition coefficient (Wildman–Crippen LogP) is 3.70. The Morgan fingerprint density at radius 3 is 3.08 bits per heavy atom. The molecular formula is C19H26N4S. The number of nitrogens with zero attached hydrogens (tertiary/aromatic N) is 2. The minimum Gasteiger partial charge on any atom is -0.370 e. The Morgan fingerprint density at radius 1 is 1.38 bits per heavy atom. The molecule has 1 aromatic heterocycles. The second kappa shape index (κ2) is 8.31. The largest absolute Gasteiger partial charge is 0.370 e. The average Bonchev–Trinajstić information content (AvgIpc) is 3.06. The van der Waals surface area contributed by atoms with E-state index in [-0.39, 0.29) is 0 Å². The van der Waals surface area contributed by atoms with Gasteiger partial charge in [0.05, 0.1) is 0 Å². The topological polar surface area (TPSA) is 53.6 Å². The molecule has 5 heteroatoms. The molecule has 128 valence electrons. The third kappa shape index (κ3) is 5.08. The zero-order valence-corrected chi connectivity index (χ0v) is 15.1. The maximum Gasteiger partial charge on any atom is 0.193 e. The fraction of sp³-hybridized carbons (Fsp3) is 0.421. The number of nitrogens with two attached hydrogens (primary N) is 1. The molecule has 0 amide bonds. The van der Waals surface area contributed by atoms with Crippen molar-refractivity contribution in [1.29, 1.82) is 0 Å². The molecule has 24 heavy (non-hydrogen) atoms. The molecule has 3 N–H and O–H groups in total. The number of rotatable bonds is 5. The summed E-state index contributed by atoms with van der Waals surface area (Å²) in [6.45, 7) is 6.23. The maximum absolute atomic E-state index is 6.04. The lowest BCUT2D eigenvalue weighted by Crippen LogP contribution is -2.36. The molecule has 4 nitrogen and oxygen atoms in total. The van der Waals surface area contributed by atoms with Crippen LogP contribution in [0.5, 0.6) is 0 Å². The van der Waals surface area contributed by atoms with Crippen molar-refractivity contribution in [3.63, 3.8) is 0 Å². The molecule has 0 saturated carbocycles. The normalized spacial score (nSPS) is 19.4. The zero-order chi connectivity index (χ0) is 16.8. The summed E-state index contributed by atoms with van der Waals surface area (Å²) in [5.74, 6) is 1.10. The van der Waals surface area contributed by atoms with E-state index in [9.17, 15) is 0 Å². The van der Waals surface area contributed by atoms with Gasteiger partial charge in [-0.1, -0.05) is 18.2 Å². The fourth-order valence-electron chi connectivity index (χ4n) is 3.20. The summed E-state index contributed by atoms with van der Waals surface area (Å²) in [6, 6.07) is 12.5. The highest BCUT2D eigenvalue weighted by molar-refractivity contribution is 7.09. The molecule has 1 aliphatic rings. The van der Waals surface area contributed by atoms with Gasteiger partial charge in [-0.15, -0.1) is 11.3 Å². The van der Waals surface area contributed by atoms with Crippen LogP contribution < -0.4 is 11.1 Å². The highest BCUT2D eigenvalue weighted by Crippen LogP contribution is 2.20. The minimum absolute atomic E-state index is 0.510. The van der Waals surface area contributed by atoms with Crippen molar-refractivity contribution < 1.29 is 0 Å². The van der Waals surface area contributed by atoms with Crippen molar-refractivity contribution in [3.05, 3.63) is 52.2 Å². The number of anilines is 1. The van der Waals surface area contributed by atoms with Crippen LogP contribution >= 0.6 is 11.3 Å². The smallest absolute Gasteiger partial charge is 0.193 e. The summed E-state index contributed by atoms with van der Waals surface area (Å²) in [7, 11) is 0. The van der Waals surface area contributed by atoms with Gasteiger partial charge in [0.15, 0.2) is 5.96 Å². The summed E-state index contributed by atoms with van der Waals surface area (Å²) in [5.41, 5.74) is 8.26. The van der Waals surface area contributed by atoms with Crippen LogP contribution in [0, 0.1) is 12.8 Å². The van der Waals surface area contributed by atoms with Gasteiger partial charge >= 0.3 is 0 Å². The molecule has 0 spiro atoms. The first kappa shape index (κ1) is 17.0. The van der Waals surface area contributed by atoms with Crippen LogP contribution in [-0.4, -0.2) is 30.5 Å². The second-order valence-corrected chi connectivity index (χ2v) is 7.58. The number of benzene rings is 1. The SMILES string of the molecule is Cc1cccc(NC(N)=NCC2CCCN(Cc3cccs3)C2)c1. The molecule has 1 aliphatic heterocycles. The molecule has 1 atom stereocenters. The summed E-state index contributed by atoms with van der Waals surface area (Å²) in [4.78, 5) is 8.55. The lowest BCUT2D eigenvalue weighted by Gasteiger charge is -2.31. The molecule has 1 saturated heterocycles. The minimum atomic E-state index is 0.510. The Hall–Kier alpha value is -1.85. The predicted molar refractivity (Wildman–Crippen MR) is 104 cm³/mol. The number of guanidine groups is 1. The third-order valence-corrected chi connectivity index (χ3v) is 5.23. The fourth-order valence-corrected chi connectivity index (χ4v) is 3.95. The van der Waals surface area contributed by atoms with Crippen molar-refractivity contribution in [2.24, 2.45) is 16.6 Å². The molecule has 1 aromatic carbocycles. The van der Waals surface area contributed by atoms with Gasteiger partial charge in [0.2, 0.25) is 0 Å². The number of likely N-dealkylation sites (tertiary alicyclic amines) is 1. The van der Waals surface area contributed by atoms with Gasteiger partial charge < -0.3 is 11.1 Å². The van der Waals surface area contributed by atoms with Crippen LogP contribution in [0.3, 0.4) is 0 Å². The van der Waals surface area contributed by atoms with E-state index in [2.05, 4.69) is 51.8 Å². The van der Waals surface area contributed by atoms with Crippen molar-refractivity contribution in [2.45, 2.75) is 26.3 Å². The Morgan fingerprint density at radius 2 is 2.29 bits per heavy atom. The molecule has 3 rings (SSSR count). The number of thiophene rings is 1. The molecule has 1 fully saturated rings. The van der Waals surface area contributed by atoms with E-state index in [1.807, 2.05) is 23.5 Å². The first-order chi connectivity index (χ1) is 11.7. The van der Waals surface area contributed by atoms with E-state index >= 15 is 0 Å². The summed E-state index contributed by atoms with van der Waals surface area (Å²) in [5, 5.41) is 5.34. The van der Waals surface area contributed by atoms with Crippen LogP contribution in [0.4, 0.5) is 5.69 Å². The lowest BCUT2D eigenvalue weighted by atomic mass is 9.98. The first-order valence-corrected chi connectivity index (χ1v) is 9.45. The number of hydrogen-bond donors (Lipinski definition) is 2. The number of hydrogen-bond acceptors (Lipinski definition) is 3. The molecule has 0 aliphatic carbocycles. The molecular weight excluding hydrogens is 316 g/mol. The van der Waals surface area contributed by atoms with Crippen molar-refractivity contribution in [2.75, 3.05) is 25.0 Å². The number of aliphatic imine (C=N–C) groups is 1. The van der Waals surface area contributed by atoms with Gasteiger partial charge in [-0.3, -0.25) is 9.89 Å². The van der Waals surface area contributed by atoms with Crippen LogP contribution in [0.1, 0.15) is 23.3 Å². The van der Waals surface area contributed by atoms with E-state index in [1.54, 1.807) is 0 Å². The molecule has 2 heterocycles. The van der Waals surface area contributed by atoms with Gasteiger partial charge in [0.1, 0.15) is 0 Å². The van der Waals surface area contributed by atoms with Gasteiger partial charge in [-0.05, 0) is 61.4 Å². The first-order valence-electron chi connectivity index (χ1n) is 8.57. The van der Waals surface area contributed by atoms with Gasteiger partial charge in [0.25, 0.3) is 0 Å². The van der Waals surface area contributed by atoms with E-state index < -0.39 is 0 Å². The Labute approximate surface area is 148 Å². The van der Waals surface area contributed by atoms with Gasteiger partial charge in [-0.2, -0.15) is 0 Å². The maximum atomic E-state index is 6.04. The zero-order valence-electron chi connectivity index (χ0n) is 14.2. The van der Waals surface area contributed by atoms with Crippen LogP contribution in [0.2, 0.25) is 0 Å². The highest BCUT2D eigenvalue weighted by Gasteiger charge is 2.20. The van der Waals surface area contributed by atoms with E-state index in [4.69, 9.17) is 5.73 Å². The molecule has 2 aromatic rings. The standard InChI is InChI=1S/C19H26N4S/c1-15-5-2-7-17(11-15)22-19(20)21-12-16-6-3-9-23(13-16)14-18-8-4-10-24-18/h2,4-5,7-8,10-11,16H,3,6,9,12-14H2,1H3,(H3,20,21,22). The van der Waals surface area contributed by atoms with Crippen molar-refractivity contribution in [1.82, 2.24) is 4.90 Å². The summed E-state index contributed by atoms with van der Waals surface area (Å²) < 4.78 is 0. The van der Waals surface area contributed by atoms with E-state index in [0.29, 0.717) is 11.9 Å². The Kier molecular flexibility index (Phi) is 5.88.